The fraction of sp³-hybridized carbons (Fsp3) is 0.170. The van der Waals surface area contributed by atoms with Gasteiger partial charge in [-0.3, -0.25) is 0 Å². The van der Waals surface area contributed by atoms with E-state index in [1.54, 1.807) is 0 Å². The minimum Gasteiger partial charge on any atom is -0.311 e. The lowest BCUT2D eigenvalue weighted by molar-refractivity contribution is 0.332. The van der Waals surface area contributed by atoms with Crippen molar-refractivity contribution in [2.45, 2.75) is 103 Å². The van der Waals surface area contributed by atoms with Crippen molar-refractivity contribution in [2.75, 3.05) is 29.4 Å². The minimum absolute atomic E-state index is 0.00484. The first kappa shape index (κ1) is 61.8. The number of para-hydroxylation sites is 8. The predicted molar refractivity (Wildman–Crippen MR) is 434 cm³/mol. The summed E-state index contributed by atoms with van der Waals surface area (Å²) in [5, 5.41) is 0. The standard InChI is InChI=1S/C94H82B2N6/c1-91(2)51-53-93(5,6)75-55-69(47-49-73(75)91)97(63-31-15-9-16-32-63)71-57-85-89-87(59-71)101(67-39-23-13-24-40-67)83-62-84-80(61-79(83)95(89)77-43-27-29-45-81(77)99(85)65-35-19-11-20-36-65)96-78-44-28-30-46-82(78)100(66-37-21-12-22-38-66)86-58-72(60-88(90(86)96)102(84)68-41-25-14-26-42-68)98(64-33-17-10-18-34-64)70-48-50-74-76(56-70)94(7,8)54-52-92(74,3)4/h9-50,55-62H,51-54H2,1-8H3. The van der Waals surface area contributed by atoms with Gasteiger partial charge in [0.2, 0.25) is 0 Å². The van der Waals surface area contributed by atoms with Gasteiger partial charge in [0.1, 0.15) is 0 Å². The quantitative estimate of drug-likeness (QED) is 0.126. The van der Waals surface area contributed by atoms with E-state index in [0.29, 0.717) is 0 Å². The van der Waals surface area contributed by atoms with Gasteiger partial charge in [-0.25, -0.2) is 0 Å². The molecule has 8 heteroatoms. The van der Waals surface area contributed by atoms with E-state index in [9.17, 15) is 0 Å². The highest BCUT2D eigenvalue weighted by Gasteiger charge is 2.50. The number of nitrogens with zero attached hydrogens (tertiary/aromatic N) is 6. The summed E-state index contributed by atoms with van der Waals surface area (Å²) in [5.41, 5.74) is 33.8. The molecule has 0 spiro atoms. The first-order chi connectivity index (χ1) is 49.6. The molecule has 2 aliphatic carbocycles. The molecule has 13 aromatic carbocycles. The molecule has 0 atom stereocenters. The summed E-state index contributed by atoms with van der Waals surface area (Å²) in [4.78, 5) is 15.4. The molecule has 13 aromatic rings. The maximum Gasteiger partial charge on any atom is 0.252 e. The zero-order valence-electron chi connectivity index (χ0n) is 59.5. The van der Waals surface area contributed by atoms with Gasteiger partial charge >= 0.3 is 0 Å². The summed E-state index contributed by atoms with van der Waals surface area (Å²) >= 11 is 0. The van der Waals surface area contributed by atoms with E-state index in [2.05, 4.69) is 388 Å². The highest BCUT2D eigenvalue weighted by atomic mass is 15.2. The van der Waals surface area contributed by atoms with Gasteiger partial charge in [0.25, 0.3) is 13.4 Å². The van der Waals surface area contributed by atoms with Crippen LogP contribution in [-0.2, 0) is 21.7 Å². The Morgan fingerprint density at radius 1 is 0.225 bits per heavy atom. The van der Waals surface area contributed by atoms with Gasteiger partial charge in [0.05, 0.1) is 11.4 Å². The summed E-state index contributed by atoms with van der Waals surface area (Å²) in [6.07, 6.45) is 4.56. The lowest BCUT2D eigenvalue weighted by Gasteiger charge is -2.48. The molecule has 4 aliphatic heterocycles. The van der Waals surface area contributed by atoms with E-state index >= 15 is 0 Å². The van der Waals surface area contributed by atoms with Crippen molar-refractivity contribution in [2.24, 2.45) is 0 Å². The van der Waals surface area contributed by atoms with E-state index in [0.717, 1.165) is 117 Å². The van der Waals surface area contributed by atoms with Gasteiger partial charge in [0, 0.05) is 91.0 Å². The van der Waals surface area contributed by atoms with Gasteiger partial charge < -0.3 is 29.4 Å². The molecule has 6 nitrogen and oxygen atoms in total. The number of benzene rings is 13. The van der Waals surface area contributed by atoms with E-state index in [-0.39, 0.29) is 35.1 Å². The van der Waals surface area contributed by atoms with Crippen LogP contribution >= 0.6 is 0 Å². The van der Waals surface area contributed by atoms with Crippen LogP contribution in [0.25, 0.3) is 0 Å². The third-order valence-corrected chi connectivity index (χ3v) is 23.8. The van der Waals surface area contributed by atoms with Crippen molar-refractivity contribution in [1.82, 2.24) is 0 Å². The van der Waals surface area contributed by atoms with Crippen LogP contribution in [0, 0.1) is 0 Å². The topological polar surface area (TPSA) is 19.4 Å². The molecular weight excluding hydrogens is 1230 g/mol. The monoisotopic (exact) mass is 1320 g/mol. The lowest BCUT2D eigenvalue weighted by atomic mass is 9.30. The first-order valence-electron chi connectivity index (χ1n) is 36.7. The average molecular weight is 1320 g/mol. The zero-order chi connectivity index (χ0) is 69.0. The molecule has 0 saturated carbocycles. The van der Waals surface area contributed by atoms with Gasteiger partial charge in [-0.05, 0) is 242 Å². The van der Waals surface area contributed by atoms with E-state index in [4.69, 9.17) is 0 Å². The van der Waals surface area contributed by atoms with Crippen molar-refractivity contribution in [3.63, 3.8) is 0 Å². The molecule has 0 aromatic heterocycles. The Morgan fingerprint density at radius 2 is 0.510 bits per heavy atom. The largest absolute Gasteiger partial charge is 0.311 e. The Hall–Kier alpha value is -11.2. The Labute approximate surface area is 602 Å². The van der Waals surface area contributed by atoms with Crippen molar-refractivity contribution >= 4 is 149 Å². The number of hydrogen-bond acceptors (Lipinski definition) is 6. The molecular formula is C94H82B2N6. The van der Waals surface area contributed by atoms with Crippen LogP contribution in [0.1, 0.15) is 103 Å². The van der Waals surface area contributed by atoms with Crippen LogP contribution in [0.4, 0.5) is 102 Å². The summed E-state index contributed by atoms with van der Waals surface area (Å²) in [6.45, 7) is 19.2. The fourth-order valence-corrected chi connectivity index (χ4v) is 18.5. The molecule has 0 fully saturated rings. The van der Waals surface area contributed by atoms with Gasteiger partial charge in [-0.2, -0.15) is 0 Å². The average Bonchev–Trinajstić information content (AvgIpc) is 0.682. The number of fused-ring (bicyclic) bond motifs is 10. The smallest absolute Gasteiger partial charge is 0.252 e. The second kappa shape index (κ2) is 23.2. The molecule has 0 saturated heterocycles. The van der Waals surface area contributed by atoms with Gasteiger partial charge in [-0.1, -0.05) is 219 Å². The molecule has 4 heterocycles. The Bertz CT molecular complexity index is 5130. The van der Waals surface area contributed by atoms with Crippen LogP contribution in [-0.4, -0.2) is 13.4 Å². The van der Waals surface area contributed by atoms with Crippen LogP contribution < -0.4 is 62.2 Å². The molecule has 0 N–H and O–H groups in total. The number of anilines is 18. The third kappa shape index (κ3) is 9.61. The highest BCUT2D eigenvalue weighted by molar-refractivity contribution is 7.03. The number of rotatable bonds is 10. The SMILES string of the molecule is CC1(C)CCC(C)(C)c2cc(N(c3ccccc3)c3cc4c5c(c3)N(c3ccccc3)c3cc6c(cc3B5c3ccccc3N4c3ccccc3)B3c4ccccc4N(c4ccccc4)c4cc(N(c5ccccc5)c5ccc7c(c5)C(C)(C)CCC7(C)C)cc(c43)N6c3ccccc3)ccc21. The van der Waals surface area contributed by atoms with Crippen molar-refractivity contribution < 1.29 is 0 Å². The van der Waals surface area contributed by atoms with E-state index in [1.807, 2.05) is 0 Å². The Kier molecular flexibility index (Phi) is 14.0. The molecule has 0 bridgehead atoms. The van der Waals surface area contributed by atoms with Crippen molar-refractivity contribution in [1.29, 1.82) is 0 Å². The van der Waals surface area contributed by atoms with Crippen LogP contribution in [0.3, 0.4) is 0 Å². The Morgan fingerprint density at radius 3 is 0.843 bits per heavy atom. The normalized spacial score (nSPS) is 16.3. The molecule has 0 amide bonds. The van der Waals surface area contributed by atoms with Gasteiger partial charge in [-0.15, -0.1) is 0 Å². The predicted octanol–water partition coefficient (Wildman–Crippen LogP) is 21.5. The van der Waals surface area contributed by atoms with Crippen LogP contribution in [0.2, 0.25) is 0 Å². The zero-order valence-corrected chi connectivity index (χ0v) is 59.5. The highest BCUT2D eigenvalue weighted by Crippen LogP contribution is 2.55. The second-order valence-electron chi connectivity index (χ2n) is 31.8. The van der Waals surface area contributed by atoms with E-state index in [1.165, 1.54) is 66.4 Å². The lowest BCUT2D eigenvalue weighted by Crippen LogP contribution is -2.65. The molecule has 494 valence electrons. The Balaban J connectivity index is 0.911. The maximum absolute atomic E-state index is 2.66. The second-order valence-corrected chi connectivity index (χ2v) is 31.8. The minimum atomic E-state index is -0.169. The fourth-order valence-electron chi connectivity index (χ4n) is 18.5. The maximum atomic E-state index is 2.66. The summed E-state index contributed by atoms with van der Waals surface area (Å²) in [7, 11) is 0. The van der Waals surface area contributed by atoms with Crippen LogP contribution in [0.5, 0.6) is 0 Å². The molecule has 6 aliphatic rings. The first-order valence-corrected chi connectivity index (χ1v) is 36.7. The summed E-state index contributed by atoms with van der Waals surface area (Å²) < 4.78 is 0. The van der Waals surface area contributed by atoms with Gasteiger partial charge in [0.15, 0.2) is 0 Å². The molecule has 19 rings (SSSR count). The third-order valence-electron chi connectivity index (χ3n) is 23.8. The summed E-state index contributed by atoms with van der Waals surface area (Å²) in [5.74, 6) is 0. The van der Waals surface area contributed by atoms with Crippen LogP contribution in [0.15, 0.2) is 303 Å². The van der Waals surface area contributed by atoms with Crippen molar-refractivity contribution in [3.8, 4) is 0 Å². The summed E-state index contributed by atoms with van der Waals surface area (Å²) in [6, 6.07) is 115. The number of hydrogen-bond donors (Lipinski definition) is 0. The molecule has 0 unspecified atom stereocenters. The van der Waals surface area contributed by atoms with E-state index < -0.39 is 0 Å². The molecule has 0 radical (unpaired) electrons. The van der Waals surface area contributed by atoms with Crippen molar-refractivity contribution in [3.05, 3.63) is 326 Å². The molecule has 102 heavy (non-hydrogen) atoms.